The molecule has 0 aromatic heterocycles. The summed E-state index contributed by atoms with van der Waals surface area (Å²) in [5.41, 5.74) is 1.75. The Morgan fingerprint density at radius 1 is 1.50 bits per heavy atom. The zero-order valence-corrected chi connectivity index (χ0v) is 6.93. The second-order valence-electron chi connectivity index (χ2n) is 3.90. The van der Waals surface area contributed by atoms with Crippen molar-refractivity contribution < 1.29 is 0 Å². The van der Waals surface area contributed by atoms with E-state index in [4.69, 9.17) is 0 Å². The van der Waals surface area contributed by atoms with Crippen molar-refractivity contribution in [2.45, 2.75) is 33.1 Å². The lowest BCUT2D eigenvalue weighted by molar-refractivity contribution is 0.483. The molecular weight excluding hydrogens is 120 g/mol. The first kappa shape index (κ1) is 6.45. The Bertz CT molecular complexity index is 167. The van der Waals surface area contributed by atoms with Gasteiger partial charge in [0.1, 0.15) is 0 Å². The van der Waals surface area contributed by atoms with Gasteiger partial charge in [-0.25, -0.2) is 0 Å². The molecule has 0 heteroatoms. The van der Waals surface area contributed by atoms with Gasteiger partial charge >= 0.3 is 0 Å². The third kappa shape index (κ3) is 0.744. The molecule has 56 valence electrons. The lowest BCUT2D eigenvalue weighted by atomic mass is 9.90. The summed E-state index contributed by atoms with van der Waals surface area (Å²) in [5, 5.41) is 0. The maximum Gasteiger partial charge on any atom is -0.0195 e. The summed E-state index contributed by atoms with van der Waals surface area (Å²) >= 11 is 0. The zero-order valence-electron chi connectivity index (χ0n) is 6.93. The molecule has 0 aromatic rings. The van der Waals surface area contributed by atoms with E-state index >= 15 is 0 Å². The molecule has 1 fully saturated rings. The van der Waals surface area contributed by atoms with E-state index in [1.807, 2.05) is 0 Å². The van der Waals surface area contributed by atoms with Crippen LogP contribution in [0.2, 0.25) is 0 Å². The van der Waals surface area contributed by atoms with Gasteiger partial charge in [-0.1, -0.05) is 25.5 Å². The fourth-order valence-corrected chi connectivity index (χ4v) is 2.63. The maximum atomic E-state index is 2.54. The van der Waals surface area contributed by atoms with Gasteiger partial charge in [0.2, 0.25) is 0 Å². The highest BCUT2D eigenvalue weighted by molar-refractivity contribution is 5.20. The van der Waals surface area contributed by atoms with Gasteiger partial charge in [-0.2, -0.15) is 0 Å². The third-order valence-corrected chi connectivity index (χ3v) is 3.30. The summed E-state index contributed by atoms with van der Waals surface area (Å²) in [6.45, 7) is 4.69. The predicted octanol–water partition coefficient (Wildman–Crippen LogP) is 3.00. The van der Waals surface area contributed by atoms with Crippen molar-refractivity contribution in [2.24, 2.45) is 17.8 Å². The van der Waals surface area contributed by atoms with E-state index in [9.17, 15) is 0 Å². The van der Waals surface area contributed by atoms with Crippen LogP contribution in [0.15, 0.2) is 11.6 Å². The van der Waals surface area contributed by atoms with Crippen molar-refractivity contribution in [3.63, 3.8) is 0 Å². The first-order valence-electron chi connectivity index (χ1n) is 4.52. The normalized spacial score (nSPS) is 44.2. The maximum absolute atomic E-state index is 2.54. The Kier molecular flexibility index (Phi) is 1.36. The molecule has 0 amide bonds. The van der Waals surface area contributed by atoms with Crippen molar-refractivity contribution >= 4 is 0 Å². The van der Waals surface area contributed by atoms with Crippen LogP contribution in [-0.4, -0.2) is 0 Å². The molecule has 0 nitrogen and oxygen atoms in total. The number of fused-ring (bicyclic) bond motifs is 2. The van der Waals surface area contributed by atoms with Crippen LogP contribution in [0.4, 0.5) is 0 Å². The summed E-state index contributed by atoms with van der Waals surface area (Å²) < 4.78 is 0. The van der Waals surface area contributed by atoms with E-state index in [2.05, 4.69) is 19.9 Å². The number of rotatable bonds is 1. The molecule has 0 N–H and O–H groups in total. The summed E-state index contributed by atoms with van der Waals surface area (Å²) in [6, 6.07) is 0. The topological polar surface area (TPSA) is 0 Å². The Morgan fingerprint density at radius 2 is 2.30 bits per heavy atom. The number of hydrogen-bond acceptors (Lipinski definition) is 0. The van der Waals surface area contributed by atoms with Gasteiger partial charge in [-0.05, 0) is 37.0 Å². The molecule has 2 rings (SSSR count). The fraction of sp³-hybridized carbons (Fsp3) is 0.800. The van der Waals surface area contributed by atoms with E-state index in [-0.39, 0.29) is 0 Å². The van der Waals surface area contributed by atoms with E-state index in [0.717, 1.165) is 17.8 Å². The molecule has 2 bridgehead atoms. The minimum Gasteiger partial charge on any atom is -0.0817 e. The van der Waals surface area contributed by atoms with Gasteiger partial charge in [0, 0.05) is 0 Å². The first-order chi connectivity index (χ1) is 4.81. The molecule has 3 atom stereocenters. The SMILES string of the molecule is CCC1=CC2CC1CC2C. The fourth-order valence-electron chi connectivity index (χ4n) is 2.63. The molecule has 1 saturated carbocycles. The van der Waals surface area contributed by atoms with Gasteiger partial charge in [0.05, 0.1) is 0 Å². The van der Waals surface area contributed by atoms with Crippen LogP contribution >= 0.6 is 0 Å². The zero-order chi connectivity index (χ0) is 7.14. The summed E-state index contributed by atoms with van der Waals surface area (Å²) in [6.07, 6.45) is 6.79. The Labute approximate surface area is 63.3 Å². The van der Waals surface area contributed by atoms with E-state index < -0.39 is 0 Å². The Hall–Kier alpha value is -0.260. The van der Waals surface area contributed by atoms with Crippen LogP contribution in [0, 0.1) is 17.8 Å². The third-order valence-electron chi connectivity index (χ3n) is 3.30. The van der Waals surface area contributed by atoms with Crippen LogP contribution in [0.3, 0.4) is 0 Å². The van der Waals surface area contributed by atoms with Crippen LogP contribution < -0.4 is 0 Å². The van der Waals surface area contributed by atoms with Crippen molar-refractivity contribution in [1.82, 2.24) is 0 Å². The van der Waals surface area contributed by atoms with Crippen molar-refractivity contribution in [2.75, 3.05) is 0 Å². The molecule has 0 aliphatic heterocycles. The van der Waals surface area contributed by atoms with Crippen LogP contribution in [0.25, 0.3) is 0 Å². The van der Waals surface area contributed by atoms with E-state index in [0.29, 0.717) is 0 Å². The quantitative estimate of drug-likeness (QED) is 0.486. The number of hydrogen-bond donors (Lipinski definition) is 0. The highest BCUT2D eigenvalue weighted by atomic mass is 14.4. The molecule has 0 aromatic carbocycles. The van der Waals surface area contributed by atoms with Gasteiger partial charge in [-0.3, -0.25) is 0 Å². The highest BCUT2D eigenvalue weighted by Gasteiger charge is 2.36. The smallest absolute Gasteiger partial charge is 0.0195 e. The van der Waals surface area contributed by atoms with Crippen LogP contribution in [0.5, 0.6) is 0 Å². The first-order valence-corrected chi connectivity index (χ1v) is 4.52. The minimum atomic E-state index is 0.958. The number of allylic oxidation sites excluding steroid dienone is 2. The second-order valence-corrected chi connectivity index (χ2v) is 3.90. The molecule has 0 spiro atoms. The molecule has 2 aliphatic rings. The van der Waals surface area contributed by atoms with Crippen molar-refractivity contribution in [3.05, 3.63) is 11.6 Å². The largest absolute Gasteiger partial charge is 0.0817 e. The van der Waals surface area contributed by atoms with Gasteiger partial charge in [0.25, 0.3) is 0 Å². The molecule has 3 unspecified atom stereocenters. The Balaban J connectivity index is 2.17. The average molecular weight is 136 g/mol. The monoisotopic (exact) mass is 136 g/mol. The summed E-state index contributed by atoms with van der Waals surface area (Å²) in [5.74, 6) is 2.94. The molecule has 0 heterocycles. The summed E-state index contributed by atoms with van der Waals surface area (Å²) in [7, 11) is 0. The lowest BCUT2D eigenvalue weighted by Crippen LogP contribution is -2.04. The molecule has 2 aliphatic carbocycles. The molecule has 0 saturated heterocycles. The standard InChI is InChI=1S/C10H16/c1-3-8-5-9-6-10(8)4-7(9)2/h5,7,9-10H,3-4,6H2,1-2H3. The van der Waals surface area contributed by atoms with Crippen LogP contribution in [0.1, 0.15) is 33.1 Å². The van der Waals surface area contributed by atoms with Gasteiger partial charge in [-0.15, -0.1) is 0 Å². The van der Waals surface area contributed by atoms with Crippen LogP contribution in [-0.2, 0) is 0 Å². The van der Waals surface area contributed by atoms with Crippen molar-refractivity contribution in [1.29, 1.82) is 0 Å². The molecule has 10 heavy (non-hydrogen) atoms. The average Bonchev–Trinajstić information content (AvgIpc) is 2.44. The lowest BCUT2D eigenvalue weighted by Gasteiger charge is -2.15. The predicted molar refractivity (Wildman–Crippen MR) is 43.8 cm³/mol. The Morgan fingerprint density at radius 3 is 2.70 bits per heavy atom. The molecular formula is C10H16. The van der Waals surface area contributed by atoms with Gasteiger partial charge in [0.15, 0.2) is 0 Å². The highest BCUT2D eigenvalue weighted by Crippen LogP contribution is 2.47. The summed E-state index contributed by atoms with van der Waals surface area (Å²) in [4.78, 5) is 0. The van der Waals surface area contributed by atoms with Crippen molar-refractivity contribution in [3.8, 4) is 0 Å². The molecule has 0 radical (unpaired) electrons. The van der Waals surface area contributed by atoms with Gasteiger partial charge < -0.3 is 0 Å². The minimum absolute atomic E-state index is 0.958. The second kappa shape index (κ2) is 2.11. The van der Waals surface area contributed by atoms with E-state index in [1.54, 1.807) is 5.57 Å². The van der Waals surface area contributed by atoms with E-state index in [1.165, 1.54) is 19.3 Å².